The van der Waals surface area contributed by atoms with Crippen LogP contribution in [0.15, 0.2) is 205 Å². The van der Waals surface area contributed by atoms with Crippen LogP contribution in [-0.2, 0) is 5.41 Å². The first kappa shape index (κ1) is 33.9. The van der Waals surface area contributed by atoms with Crippen molar-refractivity contribution >= 4 is 49.8 Å². The number of anilines is 3. The predicted octanol–water partition coefficient (Wildman–Crippen LogP) is 15.4. The van der Waals surface area contributed by atoms with Crippen molar-refractivity contribution in [1.29, 1.82) is 0 Å². The fourth-order valence-corrected chi connectivity index (χ4v) is 10.4. The fraction of sp³-hybridized carbons (Fsp3) is 0.0877. The topological polar surface area (TPSA) is 16.4 Å². The van der Waals surface area contributed by atoms with Gasteiger partial charge in [0.1, 0.15) is 11.2 Å². The summed E-state index contributed by atoms with van der Waals surface area (Å²) in [5.74, 6) is 0.596. The highest BCUT2D eigenvalue weighted by Crippen LogP contribution is 2.60. The maximum Gasteiger partial charge on any atom is 0.137 e. The van der Waals surface area contributed by atoms with E-state index in [2.05, 4.69) is 212 Å². The molecule has 2 heteroatoms. The molecule has 0 saturated heterocycles. The van der Waals surface area contributed by atoms with Crippen molar-refractivity contribution in [3.05, 3.63) is 234 Å². The lowest BCUT2D eigenvalue weighted by Crippen LogP contribution is -2.29. The summed E-state index contributed by atoms with van der Waals surface area (Å²) < 4.78 is 6.59. The van der Waals surface area contributed by atoms with Gasteiger partial charge < -0.3 is 9.32 Å². The lowest BCUT2D eigenvalue weighted by atomic mass is 9.66. The number of rotatable bonds is 7. The average molecular weight is 756 g/mol. The molecule has 9 aromatic carbocycles. The molecule has 2 aliphatic rings. The summed E-state index contributed by atoms with van der Waals surface area (Å²) in [6, 6.07) is 74.1. The minimum Gasteiger partial charge on any atom is -0.456 e. The largest absolute Gasteiger partial charge is 0.456 e. The van der Waals surface area contributed by atoms with Crippen LogP contribution in [0.1, 0.15) is 52.1 Å². The minimum atomic E-state index is -0.585. The summed E-state index contributed by atoms with van der Waals surface area (Å²) in [6.45, 7) is 2.27. The molecule has 0 radical (unpaired) electrons. The Balaban J connectivity index is 1.21. The predicted molar refractivity (Wildman–Crippen MR) is 245 cm³/mol. The first-order chi connectivity index (χ1) is 29.2. The number of nitrogens with zero attached hydrogens (tertiary/aromatic N) is 1. The third kappa shape index (κ3) is 5.06. The van der Waals surface area contributed by atoms with Crippen molar-refractivity contribution in [3.8, 4) is 22.3 Å². The Kier molecular flexibility index (Phi) is 7.59. The maximum atomic E-state index is 6.59. The Morgan fingerprint density at radius 2 is 1.15 bits per heavy atom. The van der Waals surface area contributed by atoms with Crippen LogP contribution in [0.5, 0.6) is 0 Å². The summed E-state index contributed by atoms with van der Waals surface area (Å²) in [4.78, 5) is 2.53. The van der Waals surface area contributed by atoms with Gasteiger partial charge in [-0.25, -0.2) is 0 Å². The van der Waals surface area contributed by atoms with Crippen LogP contribution in [-0.4, -0.2) is 0 Å². The molecule has 12 rings (SSSR count). The third-order valence-electron chi connectivity index (χ3n) is 13.0. The number of aryl methyl sites for hydroxylation is 1. The molecular weight excluding hydrogens is 715 g/mol. The Hall–Kier alpha value is -7.16. The molecule has 1 fully saturated rings. The normalized spacial score (nSPS) is 14.1. The Morgan fingerprint density at radius 1 is 0.508 bits per heavy atom. The number of hydrogen-bond acceptors (Lipinski definition) is 2. The highest BCUT2D eigenvalue weighted by molar-refractivity contribution is 6.14. The van der Waals surface area contributed by atoms with Crippen molar-refractivity contribution in [2.24, 2.45) is 0 Å². The van der Waals surface area contributed by atoms with Crippen molar-refractivity contribution in [1.82, 2.24) is 0 Å². The molecule has 1 aromatic heterocycles. The van der Waals surface area contributed by atoms with E-state index in [1.165, 1.54) is 79.2 Å². The molecule has 59 heavy (non-hydrogen) atoms. The molecule has 2 aliphatic carbocycles. The lowest BCUT2D eigenvalue weighted by molar-refractivity contribution is 0.669. The number of hydrogen-bond donors (Lipinski definition) is 0. The highest BCUT2D eigenvalue weighted by Gasteiger charge is 2.47. The van der Waals surface area contributed by atoms with Crippen molar-refractivity contribution in [3.63, 3.8) is 0 Å². The summed E-state index contributed by atoms with van der Waals surface area (Å²) >= 11 is 0. The Bertz CT molecular complexity index is 3200. The molecule has 2 nitrogen and oxygen atoms in total. The van der Waals surface area contributed by atoms with Gasteiger partial charge in [-0.15, -0.1) is 0 Å². The first-order valence-electron chi connectivity index (χ1n) is 20.9. The van der Waals surface area contributed by atoms with Gasteiger partial charge in [0.05, 0.1) is 22.2 Å². The second-order valence-corrected chi connectivity index (χ2v) is 16.3. The van der Waals surface area contributed by atoms with Crippen LogP contribution in [0.4, 0.5) is 17.1 Å². The molecular formula is C57H41NO. The number of para-hydroxylation sites is 1. The highest BCUT2D eigenvalue weighted by atomic mass is 16.3. The first-order valence-corrected chi connectivity index (χ1v) is 20.9. The summed E-state index contributed by atoms with van der Waals surface area (Å²) in [7, 11) is 0. The molecule has 0 atom stereocenters. The van der Waals surface area contributed by atoms with Crippen molar-refractivity contribution in [2.45, 2.75) is 31.1 Å². The quantitative estimate of drug-likeness (QED) is 0.161. The molecule has 1 saturated carbocycles. The van der Waals surface area contributed by atoms with E-state index >= 15 is 0 Å². The maximum absolute atomic E-state index is 6.59. The third-order valence-corrected chi connectivity index (χ3v) is 13.0. The standard InChI is InChI=1S/C57H41NO/c1-37-16-14-26-50(54(37)46-24-11-10-22-43(46)39-30-31-39)58(51-27-15-29-53-55(51)48-25-12-13-28-52(48)59-53)42-33-35-45-47-34-32-38-17-8-9-23-44(38)56(47)57(49(45)36-42,40-18-4-2-5-19-40)41-20-6-3-7-21-41/h2-29,32-36,39H,30-31H2,1H3. The van der Waals surface area contributed by atoms with Crippen LogP contribution in [0.25, 0.3) is 55.0 Å². The second kappa shape index (κ2) is 13.2. The number of benzene rings is 9. The minimum absolute atomic E-state index is 0.585. The molecule has 0 unspecified atom stereocenters. The Morgan fingerprint density at radius 3 is 1.95 bits per heavy atom. The number of furan rings is 1. The number of fused-ring (bicyclic) bond motifs is 8. The zero-order valence-corrected chi connectivity index (χ0v) is 32.9. The summed E-state index contributed by atoms with van der Waals surface area (Å²) in [5.41, 5.74) is 17.5. The molecule has 0 amide bonds. The van der Waals surface area contributed by atoms with E-state index < -0.39 is 5.41 Å². The van der Waals surface area contributed by atoms with E-state index in [0.717, 1.165) is 39.0 Å². The van der Waals surface area contributed by atoms with E-state index in [-0.39, 0.29) is 0 Å². The Labute approximate surface area is 344 Å². The lowest BCUT2D eigenvalue weighted by Gasteiger charge is -2.36. The van der Waals surface area contributed by atoms with E-state index in [4.69, 9.17) is 4.42 Å². The van der Waals surface area contributed by atoms with Gasteiger partial charge in [0, 0.05) is 16.6 Å². The van der Waals surface area contributed by atoms with Gasteiger partial charge in [0.15, 0.2) is 0 Å². The van der Waals surface area contributed by atoms with E-state index in [9.17, 15) is 0 Å². The van der Waals surface area contributed by atoms with E-state index in [0.29, 0.717) is 5.92 Å². The second-order valence-electron chi connectivity index (χ2n) is 16.3. The van der Waals surface area contributed by atoms with Crippen LogP contribution >= 0.6 is 0 Å². The van der Waals surface area contributed by atoms with Crippen LogP contribution in [0, 0.1) is 6.92 Å². The fourth-order valence-electron chi connectivity index (χ4n) is 10.4. The summed E-state index contributed by atoms with van der Waals surface area (Å²) in [6.07, 6.45) is 2.48. The zero-order chi connectivity index (χ0) is 39.1. The summed E-state index contributed by atoms with van der Waals surface area (Å²) in [5, 5.41) is 4.74. The van der Waals surface area contributed by atoms with Crippen LogP contribution in [0.2, 0.25) is 0 Å². The van der Waals surface area contributed by atoms with Gasteiger partial charge >= 0.3 is 0 Å². The zero-order valence-electron chi connectivity index (χ0n) is 32.9. The SMILES string of the molecule is Cc1cccc(N(c2ccc3c(c2)C(c2ccccc2)(c2ccccc2)c2c-3ccc3ccccc23)c2cccc3oc4ccccc4c23)c1-c1ccccc1C1CC1. The van der Waals surface area contributed by atoms with Gasteiger partial charge in [0.25, 0.3) is 0 Å². The smallest absolute Gasteiger partial charge is 0.137 e. The van der Waals surface area contributed by atoms with Crippen LogP contribution < -0.4 is 4.90 Å². The van der Waals surface area contributed by atoms with Gasteiger partial charge in [-0.2, -0.15) is 0 Å². The van der Waals surface area contributed by atoms with Gasteiger partial charge in [-0.1, -0.05) is 164 Å². The molecule has 0 aliphatic heterocycles. The molecule has 10 aromatic rings. The molecule has 280 valence electrons. The molecule has 0 bridgehead atoms. The van der Waals surface area contributed by atoms with Gasteiger partial charge in [0.2, 0.25) is 0 Å². The van der Waals surface area contributed by atoms with Gasteiger partial charge in [-0.3, -0.25) is 0 Å². The molecule has 0 N–H and O–H groups in total. The average Bonchev–Trinajstić information content (AvgIpc) is 4.00. The van der Waals surface area contributed by atoms with E-state index in [1.807, 2.05) is 0 Å². The van der Waals surface area contributed by atoms with Gasteiger partial charge in [-0.05, 0) is 123 Å². The monoisotopic (exact) mass is 755 g/mol. The van der Waals surface area contributed by atoms with Crippen LogP contribution in [0.3, 0.4) is 0 Å². The van der Waals surface area contributed by atoms with E-state index in [1.54, 1.807) is 0 Å². The molecule has 0 spiro atoms. The van der Waals surface area contributed by atoms with Crippen molar-refractivity contribution in [2.75, 3.05) is 4.90 Å². The van der Waals surface area contributed by atoms with Crippen molar-refractivity contribution < 1.29 is 4.42 Å². The molecule has 1 heterocycles.